The second kappa shape index (κ2) is 4.99. The van der Waals surface area contributed by atoms with Gasteiger partial charge in [-0.2, -0.15) is 0 Å². The van der Waals surface area contributed by atoms with Gasteiger partial charge >= 0.3 is 0 Å². The van der Waals surface area contributed by atoms with E-state index in [-0.39, 0.29) is 5.91 Å². The molecule has 1 amide bonds. The van der Waals surface area contributed by atoms with Crippen molar-refractivity contribution in [1.29, 1.82) is 0 Å². The molecule has 3 aliphatic heterocycles. The molecule has 0 aromatic carbocycles. The molecule has 4 heterocycles. The number of pyridine rings is 1. The highest BCUT2D eigenvalue weighted by Gasteiger charge is 2.45. The Kier molecular flexibility index (Phi) is 3.10. The molecule has 1 aliphatic carbocycles. The van der Waals surface area contributed by atoms with Crippen LogP contribution in [0.2, 0.25) is 0 Å². The number of aromatic nitrogens is 1. The summed E-state index contributed by atoms with van der Waals surface area (Å²) < 4.78 is 0. The highest BCUT2D eigenvalue weighted by atomic mass is 16.1. The van der Waals surface area contributed by atoms with E-state index in [0.29, 0.717) is 17.7 Å². The zero-order valence-electron chi connectivity index (χ0n) is 12.4. The van der Waals surface area contributed by atoms with Crippen LogP contribution in [0.1, 0.15) is 12.8 Å². The predicted octanol–water partition coefficient (Wildman–Crippen LogP) is 0.879. The molecule has 108 valence electrons. The number of amides is 1. The molecule has 4 nitrogen and oxygen atoms in total. The smallest absolute Gasteiger partial charge is 0.243 e. The van der Waals surface area contributed by atoms with Gasteiger partial charge in [0.05, 0.1) is 0 Å². The summed E-state index contributed by atoms with van der Waals surface area (Å²) in [5, 5.41) is 2.93. The van der Waals surface area contributed by atoms with Crippen molar-refractivity contribution in [1.82, 2.24) is 9.88 Å². The van der Waals surface area contributed by atoms with Crippen LogP contribution in [0.25, 0.3) is 0 Å². The fourth-order valence-corrected chi connectivity index (χ4v) is 4.59. The summed E-state index contributed by atoms with van der Waals surface area (Å²) in [5.74, 6) is 2.72. The average Bonchev–Trinajstić information content (AvgIpc) is 2.47. The first kappa shape index (κ1) is 13.1. The molecule has 0 spiro atoms. The first-order chi connectivity index (χ1) is 10.2. The van der Waals surface area contributed by atoms with Crippen molar-refractivity contribution in [2.45, 2.75) is 12.8 Å². The molecular weight excluding hydrogens is 261 g/mol. The molecule has 1 saturated carbocycles. The van der Waals surface area contributed by atoms with Gasteiger partial charge < -0.3 is 10.2 Å². The van der Waals surface area contributed by atoms with E-state index in [0.717, 1.165) is 24.5 Å². The fraction of sp³-hybridized carbons (Fsp3) is 0.500. The number of anilines is 1. The SMILES string of the molecule is BC(C(=O)Nc1ccccn1)=C1C2CC3CC1CN(C3)C2. The van der Waals surface area contributed by atoms with E-state index in [1.54, 1.807) is 6.20 Å². The van der Waals surface area contributed by atoms with Gasteiger partial charge in [0.2, 0.25) is 5.91 Å². The van der Waals surface area contributed by atoms with Gasteiger partial charge in [-0.25, -0.2) is 4.98 Å². The summed E-state index contributed by atoms with van der Waals surface area (Å²) in [7, 11) is 1.99. The molecule has 3 saturated heterocycles. The molecule has 5 heteroatoms. The molecule has 4 aliphatic rings. The fourth-order valence-electron chi connectivity index (χ4n) is 4.59. The number of hydrogen-bond acceptors (Lipinski definition) is 3. The molecule has 4 bridgehead atoms. The van der Waals surface area contributed by atoms with E-state index >= 15 is 0 Å². The summed E-state index contributed by atoms with van der Waals surface area (Å²) in [6.45, 7) is 3.58. The summed E-state index contributed by atoms with van der Waals surface area (Å²) in [6, 6.07) is 5.58. The Hall–Kier alpha value is -1.62. The van der Waals surface area contributed by atoms with E-state index in [4.69, 9.17) is 0 Å². The Balaban J connectivity index is 1.58. The monoisotopic (exact) mass is 281 g/mol. The standard InChI is InChI=1S/C16H20BN3O/c17-15(16(21)19-13-3-1-2-4-18-13)14-11-5-10-6-12(14)9-20(7-10)8-11/h1-4,10-12H,5-9,17H2,(H,18,19,21). The van der Waals surface area contributed by atoms with Crippen molar-refractivity contribution in [2.75, 3.05) is 25.0 Å². The second-order valence-electron chi connectivity index (χ2n) is 6.70. The van der Waals surface area contributed by atoms with Crippen LogP contribution < -0.4 is 5.32 Å². The summed E-state index contributed by atoms with van der Waals surface area (Å²) in [5.41, 5.74) is 2.35. The van der Waals surface area contributed by atoms with Crippen LogP contribution in [0.15, 0.2) is 35.4 Å². The highest BCUT2D eigenvalue weighted by Crippen LogP contribution is 2.47. The quantitative estimate of drug-likeness (QED) is 0.646. The number of nitrogens with zero attached hydrogens (tertiary/aromatic N) is 2. The molecule has 2 atom stereocenters. The lowest BCUT2D eigenvalue weighted by atomic mass is 9.62. The van der Waals surface area contributed by atoms with Crippen molar-refractivity contribution in [2.24, 2.45) is 17.8 Å². The molecule has 1 N–H and O–H groups in total. The topological polar surface area (TPSA) is 45.2 Å². The van der Waals surface area contributed by atoms with Gasteiger partial charge in [0.25, 0.3) is 0 Å². The van der Waals surface area contributed by atoms with Gasteiger partial charge in [0.15, 0.2) is 0 Å². The lowest BCUT2D eigenvalue weighted by molar-refractivity contribution is -0.112. The Bertz CT molecular complexity index is 569. The van der Waals surface area contributed by atoms with Gasteiger partial charge in [-0.1, -0.05) is 11.6 Å². The zero-order chi connectivity index (χ0) is 14.4. The summed E-state index contributed by atoms with van der Waals surface area (Å²) in [6.07, 6.45) is 4.25. The number of carbonyl (C=O) groups is 1. The van der Waals surface area contributed by atoms with Crippen LogP contribution in [0.4, 0.5) is 5.82 Å². The lowest BCUT2D eigenvalue weighted by Crippen LogP contribution is -2.55. The van der Waals surface area contributed by atoms with E-state index in [2.05, 4.69) is 15.2 Å². The van der Waals surface area contributed by atoms with Gasteiger partial charge in [0, 0.05) is 25.8 Å². The van der Waals surface area contributed by atoms with Gasteiger partial charge in [-0.3, -0.25) is 4.79 Å². The van der Waals surface area contributed by atoms with Crippen LogP contribution in [0.5, 0.6) is 0 Å². The van der Waals surface area contributed by atoms with Crippen LogP contribution in [0, 0.1) is 17.8 Å². The third kappa shape index (κ3) is 2.29. The Morgan fingerprint density at radius 1 is 1.24 bits per heavy atom. The molecule has 5 rings (SSSR count). The lowest BCUT2D eigenvalue weighted by Gasteiger charge is -2.53. The van der Waals surface area contributed by atoms with Gasteiger partial charge in [-0.15, -0.1) is 0 Å². The van der Waals surface area contributed by atoms with E-state index in [1.807, 2.05) is 26.0 Å². The van der Waals surface area contributed by atoms with E-state index in [1.165, 1.54) is 25.0 Å². The second-order valence-corrected chi connectivity index (χ2v) is 6.70. The molecule has 0 radical (unpaired) electrons. The Morgan fingerprint density at radius 2 is 2.00 bits per heavy atom. The van der Waals surface area contributed by atoms with Gasteiger partial charge in [0.1, 0.15) is 13.7 Å². The normalized spacial score (nSPS) is 33.0. The minimum absolute atomic E-state index is 0.0196. The number of piperidine rings is 3. The predicted molar refractivity (Wildman–Crippen MR) is 84.6 cm³/mol. The highest BCUT2D eigenvalue weighted by molar-refractivity contribution is 6.38. The van der Waals surface area contributed by atoms with E-state index < -0.39 is 0 Å². The van der Waals surface area contributed by atoms with Crippen molar-refractivity contribution >= 4 is 19.6 Å². The number of nitrogens with one attached hydrogen (secondary N) is 1. The first-order valence-electron chi connectivity index (χ1n) is 7.86. The maximum absolute atomic E-state index is 12.5. The van der Waals surface area contributed by atoms with Crippen LogP contribution in [-0.4, -0.2) is 43.3 Å². The van der Waals surface area contributed by atoms with Crippen LogP contribution >= 0.6 is 0 Å². The van der Waals surface area contributed by atoms with Gasteiger partial charge in [-0.05, 0) is 48.2 Å². The largest absolute Gasteiger partial charge is 0.308 e. The van der Waals surface area contributed by atoms with Crippen molar-refractivity contribution in [3.63, 3.8) is 0 Å². The maximum atomic E-state index is 12.5. The minimum Gasteiger partial charge on any atom is -0.308 e. The number of hydrogen-bond donors (Lipinski definition) is 1. The minimum atomic E-state index is 0.0196. The Morgan fingerprint density at radius 3 is 2.62 bits per heavy atom. The van der Waals surface area contributed by atoms with Crippen molar-refractivity contribution < 1.29 is 4.79 Å². The third-order valence-corrected chi connectivity index (χ3v) is 5.27. The third-order valence-electron chi connectivity index (χ3n) is 5.27. The average molecular weight is 281 g/mol. The Labute approximate surface area is 126 Å². The summed E-state index contributed by atoms with van der Waals surface area (Å²) in [4.78, 5) is 19.3. The molecule has 4 fully saturated rings. The zero-order valence-corrected chi connectivity index (χ0v) is 12.4. The van der Waals surface area contributed by atoms with Crippen molar-refractivity contribution in [3.05, 3.63) is 35.4 Å². The number of carbonyl (C=O) groups excluding carboxylic acids is 1. The maximum Gasteiger partial charge on any atom is 0.243 e. The van der Waals surface area contributed by atoms with Crippen LogP contribution in [0.3, 0.4) is 0 Å². The molecule has 1 aromatic heterocycles. The van der Waals surface area contributed by atoms with Crippen LogP contribution in [-0.2, 0) is 4.79 Å². The first-order valence-corrected chi connectivity index (χ1v) is 7.86. The molecule has 1 aromatic rings. The molecule has 2 unspecified atom stereocenters. The molecular formula is C16H20BN3O. The molecule has 21 heavy (non-hydrogen) atoms. The number of rotatable bonds is 2. The summed E-state index contributed by atoms with van der Waals surface area (Å²) >= 11 is 0. The van der Waals surface area contributed by atoms with E-state index in [9.17, 15) is 4.79 Å². The van der Waals surface area contributed by atoms with Crippen molar-refractivity contribution in [3.8, 4) is 0 Å².